The molecular weight excluding hydrogens is 204 g/mol. The van der Waals surface area contributed by atoms with Crippen molar-refractivity contribution in [3.05, 3.63) is 29.6 Å². The fourth-order valence-corrected chi connectivity index (χ4v) is 1.23. The van der Waals surface area contributed by atoms with Gasteiger partial charge in [-0.25, -0.2) is 0 Å². The van der Waals surface area contributed by atoms with Gasteiger partial charge in [-0.15, -0.1) is 0 Å². The Morgan fingerprint density at radius 1 is 1.44 bits per heavy atom. The first-order valence-corrected chi connectivity index (χ1v) is 5.42. The van der Waals surface area contributed by atoms with E-state index in [1.807, 2.05) is 6.07 Å². The van der Waals surface area contributed by atoms with Crippen LogP contribution < -0.4 is 5.32 Å². The van der Waals surface area contributed by atoms with E-state index in [9.17, 15) is 4.79 Å². The Morgan fingerprint density at radius 2 is 2.12 bits per heavy atom. The van der Waals surface area contributed by atoms with E-state index in [1.165, 1.54) is 0 Å². The summed E-state index contributed by atoms with van der Waals surface area (Å²) in [5.41, 5.74) is 1.48. The number of rotatable bonds is 4. The van der Waals surface area contributed by atoms with Gasteiger partial charge in [0.25, 0.3) is 5.91 Å². The van der Waals surface area contributed by atoms with Gasteiger partial charge in [0.05, 0.1) is 12.2 Å². The smallest absolute Gasteiger partial charge is 0.253 e. The number of aromatic nitrogens is 1. The average molecular weight is 222 g/mol. The molecule has 1 heterocycles. The van der Waals surface area contributed by atoms with Crippen LogP contribution in [0.1, 0.15) is 42.7 Å². The van der Waals surface area contributed by atoms with E-state index < -0.39 is 0 Å². The van der Waals surface area contributed by atoms with Crippen molar-refractivity contribution in [2.45, 2.75) is 32.7 Å². The summed E-state index contributed by atoms with van der Waals surface area (Å²) >= 11 is 0. The van der Waals surface area contributed by atoms with Crippen LogP contribution in [0.15, 0.2) is 18.3 Å². The molecule has 0 fully saturated rings. The van der Waals surface area contributed by atoms with E-state index in [1.54, 1.807) is 19.2 Å². The maximum absolute atomic E-state index is 11.6. The van der Waals surface area contributed by atoms with Gasteiger partial charge in [0, 0.05) is 17.9 Å². The van der Waals surface area contributed by atoms with E-state index in [0.717, 1.165) is 5.69 Å². The van der Waals surface area contributed by atoms with Gasteiger partial charge in [0.15, 0.2) is 0 Å². The van der Waals surface area contributed by atoms with E-state index in [4.69, 9.17) is 5.11 Å². The molecule has 0 aromatic carbocycles. The number of pyridine rings is 1. The highest BCUT2D eigenvalue weighted by atomic mass is 16.3. The molecule has 0 radical (unpaired) electrons. The molecule has 0 saturated heterocycles. The first kappa shape index (κ1) is 12.6. The summed E-state index contributed by atoms with van der Waals surface area (Å²) < 4.78 is 0. The lowest BCUT2D eigenvalue weighted by Gasteiger charge is -2.11. The van der Waals surface area contributed by atoms with Crippen molar-refractivity contribution >= 4 is 5.91 Å². The summed E-state index contributed by atoms with van der Waals surface area (Å²) in [7, 11) is 0. The molecule has 1 atom stereocenters. The van der Waals surface area contributed by atoms with Crippen LogP contribution >= 0.6 is 0 Å². The van der Waals surface area contributed by atoms with Gasteiger partial charge >= 0.3 is 0 Å². The van der Waals surface area contributed by atoms with Crippen molar-refractivity contribution in [3.8, 4) is 0 Å². The number of amides is 1. The number of aliphatic hydroxyl groups is 1. The predicted octanol–water partition coefficient (Wildman–Crippen LogP) is 1.32. The molecule has 0 saturated carbocycles. The maximum atomic E-state index is 11.6. The third kappa shape index (κ3) is 3.31. The van der Waals surface area contributed by atoms with Gasteiger partial charge < -0.3 is 10.4 Å². The molecule has 0 aliphatic carbocycles. The molecule has 0 spiro atoms. The highest BCUT2D eigenvalue weighted by Crippen LogP contribution is 2.11. The Kier molecular flexibility index (Phi) is 4.43. The SMILES string of the molecule is CC(CO)NC(=O)c1ccc(C(C)C)nc1. The fourth-order valence-electron chi connectivity index (χ4n) is 1.23. The Balaban J connectivity index is 2.70. The van der Waals surface area contributed by atoms with Crippen LogP contribution in [-0.4, -0.2) is 28.6 Å². The van der Waals surface area contributed by atoms with Gasteiger partial charge in [-0.05, 0) is 25.0 Å². The van der Waals surface area contributed by atoms with Crippen molar-refractivity contribution in [1.29, 1.82) is 0 Å². The summed E-state index contributed by atoms with van der Waals surface area (Å²) in [6, 6.07) is 3.36. The lowest BCUT2D eigenvalue weighted by atomic mass is 10.1. The first-order chi connectivity index (χ1) is 7.54. The minimum Gasteiger partial charge on any atom is -0.394 e. The molecule has 4 heteroatoms. The van der Waals surface area contributed by atoms with E-state index in [-0.39, 0.29) is 18.6 Å². The highest BCUT2D eigenvalue weighted by Gasteiger charge is 2.09. The lowest BCUT2D eigenvalue weighted by molar-refractivity contribution is 0.0922. The molecule has 0 aliphatic heterocycles. The van der Waals surface area contributed by atoms with E-state index in [0.29, 0.717) is 11.5 Å². The first-order valence-electron chi connectivity index (χ1n) is 5.42. The lowest BCUT2D eigenvalue weighted by Crippen LogP contribution is -2.35. The molecule has 1 amide bonds. The molecule has 1 unspecified atom stereocenters. The van der Waals surface area contributed by atoms with Crippen LogP contribution in [0.3, 0.4) is 0 Å². The van der Waals surface area contributed by atoms with Crippen LogP contribution in [-0.2, 0) is 0 Å². The zero-order valence-corrected chi connectivity index (χ0v) is 9.90. The second-order valence-electron chi connectivity index (χ2n) is 4.18. The molecule has 1 aromatic rings. The molecule has 0 aliphatic rings. The van der Waals surface area contributed by atoms with Gasteiger partial charge in [-0.1, -0.05) is 13.8 Å². The molecule has 1 rings (SSSR count). The second kappa shape index (κ2) is 5.61. The predicted molar refractivity (Wildman–Crippen MR) is 62.3 cm³/mol. The number of hydrogen-bond acceptors (Lipinski definition) is 3. The third-order valence-electron chi connectivity index (χ3n) is 2.29. The standard InChI is InChI=1S/C12H18N2O2/c1-8(2)11-5-4-10(6-13-11)12(16)14-9(3)7-15/h4-6,8-9,15H,7H2,1-3H3,(H,14,16). The highest BCUT2D eigenvalue weighted by molar-refractivity contribution is 5.94. The molecule has 4 nitrogen and oxygen atoms in total. The minimum absolute atomic E-state index is 0.0662. The number of hydrogen-bond donors (Lipinski definition) is 2. The monoisotopic (exact) mass is 222 g/mol. The summed E-state index contributed by atoms with van der Waals surface area (Å²) in [4.78, 5) is 15.8. The number of carbonyl (C=O) groups excluding carboxylic acids is 1. The van der Waals surface area contributed by atoms with Crippen LogP contribution in [0.2, 0.25) is 0 Å². The molecule has 88 valence electrons. The van der Waals surface area contributed by atoms with E-state index in [2.05, 4.69) is 24.1 Å². The Bertz CT molecular complexity index is 347. The second-order valence-corrected chi connectivity index (χ2v) is 4.18. The minimum atomic E-state index is -0.239. The summed E-state index contributed by atoms with van der Waals surface area (Å²) in [6.07, 6.45) is 1.56. The van der Waals surface area contributed by atoms with Crippen LogP contribution in [0, 0.1) is 0 Å². The van der Waals surface area contributed by atoms with Crippen LogP contribution in [0.5, 0.6) is 0 Å². The Morgan fingerprint density at radius 3 is 2.56 bits per heavy atom. The van der Waals surface area contributed by atoms with Gasteiger partial charge in [-0.3, -0.25) is 9.78 Å². The Labute approximate surface area is 95.7 Å². The van der Waals surface area contributed by atoms with Crippen LogP contribution in [0.25, 0.3) is 0 Å². The Hall–Kier alpha value is -1.42. The molecule has 0 bridgehead atoms. The van der Waals surface area contributed by atoms with Crippen molar-refractivity contribution in [2.75, 3.05) is 6.61 Å². The van der Waals surface area contributed by atoms with Crippen molar-refractivity contribution in [1.82, 2.24) is 10.3 Å². The molecule has 16 heavy (non-hydrogen) atoms. The third-order valence-corrected chi connectivity index (χ3v) is 2.29. The van der Waals surface area contributed by atoms with Gasteiger partial charge in [0.2, 0.25) is 0 Å². The maximum Gasteiger partial charge on any atom is 0.253 e. The average Bonchev–Trinajstić information content (AvgIpc) is 2.28. The summed E-state index contributed by atoms with van der Waals surface area (Å²) in [5, 5.41) is 11.5. The zero-order valence-electron chi connectivity index (χ0n) is 9.90. The number of nitrogens with one attached hydrogen (secondary N) is 1. The van der Waals surface area contributed by atoms with Crippen LogP contribution in [0.4, 0.5) is 0 Å². The normalized spacial score (nSPS) is 12.6. The fraction of sp³-hybridized carbons (Fsp3) is 0.500. The number of aliphatic hydroxyl groups excluding tert-OH is 1. The largest absolute Gasteiger partial charge is 0.394 e. The topological polar surface area (TPSA) is 62.2 Å². The molecule has 2 N–H and O–H groups in total. The summed E-state index contributed by atoms with van der Waals surface area (Å²) in [5.74, 6) is 0.151. The molecular formula is C12H18N2O2. The number of carbonyl (C=O) groups is 1. The van der Waals surface area contributed by atoms with E-state index >= 15 is 0 Å². The summed E-state index contributed by atoms with van der Waals surface area (Å²) in [6.45, 7) is 5.78. The van der Waals surface area contributed by atoms with Gasteiger partial charge in [0.1, 0.15) is 0 Å². The quantitative estimate of drug-likeness (QED) is 0.807. The molecule has 1 aromatic heterocycles. The number of nitrogens with zero attached hydrogens (tertiary/aromatic N) is 1. The van der Waals surface area contributed by atoms with Crippen molar-refractivity contribution < 1.29 is 9.90 Å². The van der Waals surface area contributed by atoms with Gasteiger partial charge in [-0.2, -0.15) is 0 Å². The zero-order chi connectivity index (χ0) is 12.1. The van der Waals surface area contributed by atoms with Crippen molar-refractivity contribution in [3.63, 3.8) is 0 Å². The van der Waals surface area contributed by atoms with Crippen molar-refractivity contribution in [2.24, 2.45) is 0 Å².